The number of rotatable bonds is 4. The maximum Gasteiger partial charge on any atom is 0.242 e. The van der Waals surface area contributed by atoms with Crippen molar-refractivity contribution in [1.29, 1.82) is 0 Å². The largest absolute Gasteiger partial charge is 0.350 e. The highest BCUT2D eigenvalue weighted by Gasteiger charge is 2.21. The summed E-state index contributed by atoms with van der Waals surface area (Å²) in [6.07, 6.45) is 0. The van der Waals surface area contributed by atoms with Gasteiger partial charge in [-0.1, -0.05) is 6.07 Å². The monoisotopic (exact) mass is 345 g/mol. The minimum absolute atomic E-state index is 0.152. The third kappa shape index (κ3) is 3.91. The number of nitrogens with zero attached hydrogens (tertiary/aromatic N) is 5. The van der Waals surface area contributed by atoms with E-state index in [2.05, 4.69) is 21.9 Å². The summed E-state index contributed by atoms with van der Waals surface area (Å²) >= 11 is 1.62. The van der Waals surface area contributed by atoms with Crippen LogP contribution in [0.3, 0.4) is 0 Å². The number of aromatic nitrogens is 2. The van der Waals surface area contributed by atoms with Gasteiger partial charge in [0.25, 0.3) is 0 Å². The van der Waals surface area contributed by atoms with Crippen LogP contribution in [0.4, 0.5) is 5.82 Å². The summed E-state index contributed by atoms with van der Waals surface area (Å²) in [4.78, 5) is 28.8. The zero-order valence-electron chi connectivity index (χ0n) is 14.4. The lowest BCUT2D eigenvalue weighted by molar-refractivity contribution is -0.131. The minimum atomic E-state index is 0.152. The average Bonchev–Trinajstić information content (AvgIpc) is 3.09. The lowest BCUT2D eigenvalue weighted by Gasteiger charge is -2.33. The molecule has 0 unspecified atom stereocenters. The van der Waals surface area contributed by atoms with Crippen LogP contribution >= 0.6 is 11.3 Å². The second-order valence-electron chi connectivity index (χ2n) is 6.21. The molecule has 1 aliphatic rings. The summed E-state index contributed by atoms with van der Waals surface area (Å²) in [5.74, 6) is 1.66. The number of piperazine rings is 1. The molecular formula is C17H23N5OS. The normalized spacial score (nSPS) is 15.5. The van der Waals surface area contributed by atoms with Crippen LogP contribution in [0.15, 0.2) is 23.6 Å². The van der Waals surface area contributed by atoms with Crippen molar-refractivity contribution in [2.24, 2.45) is 0 Å². The van der Waals surface area contributed by atoms with E-state index in [0.717, 1.165) is 48.4 Å². The molecular weight excluding hydrogens is 322 g/mol. The zero-order chi connectivity index (χ0) is 17.1. The molecule has 1 aliphatic heterocycles. The van der Waals surface area contributed by atoms with Crippen LogP contribution in [0.1, 0.15) is 5.69 Å². The first-order valence-corrected chi connectivity index (χ1v) is 8.98. The smallest absolute Gasteiger partial charge is 0.242 e. The van der Waals surface area contributed by atoms with Gasteiger partial charge in [0, 0.05) is 45.0 Å². The van der Waals surface area contributed by atoms with Crippen molar-refractivity contribution in [2.45, 2.75) is 6.92 Å². The van der Waals surface area contributed by atoms with E-state index in [1.165, 1.54) is 0 Å². The number of hydrogen-bond acceptors (Lipinski definition) is 6. The van der Waals surface area contributed by atoms with E-state index >= 15 is 0 Å². The number of amides is 1. The molecule has 0 N–H and O–H groups in total. The number of thiophene rings is 1. The summed E-state index contributed by atoms with van der Waals surface area (Å²) < 4.78 is 0. The molecule has 1 amide bonds. The van der Waals surface area contributed by atoms with Crippen molar-refractivity contribution < 1.29 is 4.79 Å². The number of anilines is 1. The summed E-state index contributed by atoms with van der Waals surface area (Å²) in [7, 11) is 4.00. The van der Waals surface area contributed by atoms with Crippen molar-refractivity contribution in [3.05, 3.63) is 29.3 Å². The molecule has 0 spiro atoms. The number of hydrogen-bond donors (Lipinski definition) is 0. The first-order chi connectivity index (χ1) is 11.5. The number of likely N-dealkylation sites (N-methyl/N-ethyl adjacent to an activating group) is 2. The molecule has 2 aromatic heterocycles. The van der Waals surface area contributed by atoms with Crippen LogP contribution in [0.5, 0.6) is 0 Å². The van der Waals surface area contributed by atoms with Gasteiger partial charge in [0.05, 0.1) is 11.4 Å². The Balaban J connectivity index is 1.70. The second-order valence-corrected chi connectivity index (χ2v) is 7.16. The quantitative estimate of drug-likeness (QED) is 0.845. The molecule has 2 aromatic rings. The number of carbonyl (C=O) groups is 1. The molecule has 0 radical (unpaired) electrons. The molecule has 0 bridgehead atoms. The lowest BCUT2D eigenvalue weighted by Crippen LogP contribution is -2.49. The highest BCUT2D eigenvalue weighted by Crippen LogP contribution is 2.23. The minimum Gasteiger partial charge on any atom is -0.350 e. The van der Waals surface area contributed by atoms with Gasteiger partial charge < -0.3 is 14.7 Å². The molecule has 6 nitrogen and oxygen atoms in total. The van der Waals surface area contributed by atoms with Crippen LogP contribution in [-0.4, -0.2) is 72.5 Å². The molecule has 0 saturated carbocycles. The first kappa shape index (κ1) is 16.9. The van der Waals surface area contributed by atoms with Gasteiger partial charge in [0.15, 0.2) is 5.82 Å². The van der Waals surface area contributed by atoms with Gasteiger partial charge in [-0.05, 0) is 25.4 Å². The Kier molecular flexibility index (Phi) is 5.11. The van der Waals surface area contributed by atoms with E-state index in [1.54, 1.807) is 11.3 Å². The van der Waals surface area contributed by atoms with Gasteiger partial charge in [0.2, 0.25) is 5.91 Å². The number of aryl methyl sites for hydroxylation is 1. The molecule has 0 aromatic carbocycles. The summed E-state index contributed by atoms with van der Waals surface area (Å²) in [6, 6.07) is 5.93. The third-order valence-electron chi connectivity index (χ3n) is 4.20. The average molecular weight is 345 g/mol. The number of carbonyl (C=O) groups excluding carboxylic acids is 1. The fourth-order valence-electron chi connectivity index (χ4n) is 2.70. The first-order valence-electron chi connectivity index (χ1n) is 8.10. The van der Waals surface area contributed by atoms with E-state index in [1.807, 2.05) is 47.4 Å². The zero-order valence-corrected chi connectivity index (χ0v) is 15.2. The van der Waals surface area contributed by atoms with Gasteiger partial charge in [-0.3, -0.25) is 4.79 Å². The second kappa shape index (κ2) is 7.27. The highest BCUT2D eigenvalue weighted by molar-refractivity contribution is 7.13. The Bertz CT molecular complexity index is 695. The molecule has 3 rings (SSSR count). The van der Waals surface area contributed by atoms with E-state index in [0.29, 0.717) is 6.54 Å². The van der Waals surface area contributed by atoms with E-state index in [9.17, 15) is 4.79 Å². The molecule has 3 heterocycles. The SMILES string of the molecule is Cc1cc(N(C)CC(=O)N2CCN(C)CC2)nc(-c2cccs2)n1. The molecule has 128 valence electrons. The van der Waals surface area contributed by atoms with Gasteiger partial charge >= 0.3 is 0 Å². The Morgan fingerprint density at radius 1 is 1.29 bits per heavy atom. The van der Waals surface area contributed by atoms with Crippen LogP contribution in [0, 0.1) is 6.92 Å². The standard InChI is InChI=1S/C17H23N5OS/c1-13-11-15(19-17(18-13)14-5-4-10-24-14)21(3)12-16(23)22-8-6-20(2)7-9-22/h4-5,10-11H,6-9,12H2,1-3H3. The van der Waals surface area contributed by atoms with Crippen molar-refractivity contribution in [2.75, 3.05) is 51.7 Å². The van der Waals surface area contributed by atoms with E-state index < -0.39 is 0 Å². The van der Waals surface area contributed by atoms with Crippen LogP contribution in [0.2, 0.25) is 0 Å². The Morgan fingerprint density at radius 3 is 2.71 bits per heavy atom. The predicted octanol–water partition coefficient (Wildman–Crippen LogP) is 1.72. The fourth-order valence-corrected chi connectivity index (χ4v) is 3.36. The maximum atomic E-state index is 12.5. The summed E-state index contributed by atoms with van der Waals surface area (Å²) in [5.41, 5.74) is 0.905. The van der Waals surface area contributed by atoms with Gasteiger partial charge in [-0.2, -0.15) is 0 Å². The molecule has 0 atom stereocenters. The van der Waals surface area contributed by atoms with Crippen molar-refractivity contribution >= 4 is 23.1 Å². The highest BCUT2D eigenvalue weighted by atomic mass is 32.1. The Labute approximate surface area is 146 Å². The van der Waals surface area contributed by atoms with Crippen molar-refractivity contribution in [3.63, 3.8) is 0 Å². The van der Waals surface area contributed by atoms with Crippen molar-refractivity contribution in [3.8, 4) is 10.7 Å². The van der Waals surface area contributed by atoms with Gasteiger partial charge in [-0.15, -0.1) is 11.3 Å². The molecule has 7 heteroatoms. The fraction of sp³-hybridized carbons (Fsp3) is 0.471. The third-order valence-corrected chi connectivity index (χ3v) is 5.07. The van der Waals surface area contributed by atoms with Crippen LogP contribution < -0.4 is 4.90 Å². The van der Waals surface area contributed by atoms with Crippen LogP contribution in [0.25, 0.3) is 10.7 Å². The van der Waals surface area contributed by atoms with Gasteiger partial charge in [-0.25, -0.2) is 9.97 Å². The van der Waals surface area contributed by atoms with E-state index in [4.69, 9.17) is 0 Å². The van der Waals surface area contributed by atoms with Crippen molar-refractivity contribution in [1.82, 2.24) is 19.8 Å². The lowest BCUT2D eigenvalue weighted by atomic mass is 10.3. The van der Waals surface area contributed by atoms with Gasteiger partial charge in [0.1, 0.15) is 5.82 Å². The Morgan fingerprint density at radius 2 is 2.04 bits per heavy atom. The van der Waals surface area contributed by atoms with E-state index in [-0.39, 0.29) is 5.91 Å². The molecule has 1 saturated heterocycles. The summed E-state index contributed by atoms with van der Waals surface area (Å²) in [6.45, 7) is 5.76. The Hall–Kier alpha value is -1.99. The topological polar surface area (TPSA) is 52.6 Å². The predicted molar refractivity (Wildman–Crippen MR) is 97.4 cm³/mol. The van der Waals surface area contributed by atoms with Crippen LogP contribution in [-0.2, 0) is 4.79 Å². The molecule has 24 heavy (non-hydrogen) atoms. The summed E-state index contributed by atoms with van der Waals surface area (Å²) in [5, 5.41) is 2.02. The molecule has 1 fully saturated rings. The molecule has 0 aliphatic carbocycles. The maximum absolute atomic E-state index is 12.5.